The molecule has 0 unspecified atom stereocenters. The van der Waals surface area contributed by atoms with Gasteiger partial charge >= 0.3 is 0 Å². The molecule has 3 heterocycles. The van der Waals surface area contributed by atoms with E-state index in [0.717, 1.165) is 16.5 Å². The van der Waals surface area contributed by atoms with E-state index in [1.54, 1.807) is 36.8 Å². The first-order valence-electron chi connectivity index (χ1n) is 10.6. The van der Waals surface area contributed by atoms with Crippen molar-refractivity contribution in [2.75, 3.05) is 13.2 Å². The summed E-state index contributed by atoms with van der Waals surface area (Å²) in [5.41, 5.74) is 2.46. The van der Waals surface area contributed by atoms with Crippen LogP contribution in [0.2, 0.25) is 0 Å². The van der Waals surface area contributed by atoms with Crippen LogP contribution in [0.3, 0.4) is 0 Å². The molecule has 0 fully saturated rings. The number of imidazole rings is 1. The van der Waals surface area contributed by atoms with Crippen molar-refractivity contribution < 1.29 is 19.1 Å². The quantitative estimate of drug-likeness (QED) is 0.444. The van der Waals surface area contributed by atoms with Crippen LogP contribution in [0.4, 0.5) is 0 Å². The highest BCUT2D eigenvalue weighted by Gasteiger charge is 2.28. The third-order valence-electron chi connectivity index (χ3n) is 5.48. The van der Waals surface area contributed by atoms with Crippen LogP contribution in [-0.2, 0) is 18.4 Å². The Labute approximate surface area is 190 Å². The lowest BCUT2D eigenvalue weighted by atomic mass is 10.1. The minimum absolute atomic E-state index is 0.130. The topological polar surface area (TPSA) is 87.4 Å². The van der Waals surface area contributed by atoms with Crippen molar-refractivity contribution in [3.05, 3.63) is 84.3 Å². The van der Waals surface area contributed by atoms with Gasteiger partial charge in [0, 0.05) is 61.3 Å². The molecule has 1 aliphatic rings. The fraction of sp³-hybridized carbons (Fsp3) is 0.160. The van der Waals surface area contributed by atoms with E-state index >= 15 is 0 Å². The van der Waals surface area contributed by atoms with E-state index in [1.165, 1.54) is 0 Å². The molecule has 0 saturated carbocycles. The molecule has 0 atom stereocenters. The number of amides is 1. The van der Waals surface area contributed by atoms with Crippen LogP contribution < -0.4 is 14.8 Å². The van der Waals surface area contributed by atoms with Gasteiger partial charge in [-0.1, -0.05) is 18.2 Å². The standard InChI is InChI=1S/C25H22N4O4/c1-28-14-17(19-4-2-3-5-21(19)28)12-23-25(31)20-7-6-18(13-22(20)33-23)32-15-24(30)27-9-11-29-10-8-26-16-29/h2-8,10,12-14,16H,9,11,15H2,1H3,(H,27,30). The molecule has 1 aliphatic heterocycles. The number of fused-ring (bicyclic) bond motifs is 2. The molecule has 33 heavy (non-hydrogen) atoms. The van der Waals surface area contributed by atoms with Crippen molar-refractivity contribution in [2.45, 2.75) is 6.54 Å². The third kappa shape index (κ3) is 4.23. The summed E-state index contributed by atoms with van der Waals surface area (Å²) >= 11 is 0. The second-order valence-corrected chi connectivity index (χ2v) is 7.75. The predicted molar refractivity (Wildman–Crippen MR) is 123 cm³/mol. The van der Waals surface area contributed by atoms with Crippen LogP contribution in [0.5, 0.6) is 11.5 Å². The summed E-state index contributed by atoms with van der Waals surface area (Å²) in [5.74, 6) is 0.726. The normalized spacial score (nSPS) is 13.8. The monoisotopic (exact) mass is 442 g/mol. The minimum Gasteiger partial charge on any atom is -0.484 e. The van der Waals surface area contributed by atoms with Gasteiger partial charge in [-0.2, -0.15) is 0 Å². The number of nitrogens with zero attached hydrogens (tertiary/aromatic N) is 3. The zero-order valence-corrected chi connectivity index (χ0v) is 18.0. The Bertz CT molecular complexity index is 1370. The van der Waals surface area contributed by atoms with Crippen LogP contribution in [-0.4, -0.2) is 39.0 Å². The molecular weight excluding hydrogens is 420 g/mol. The fourth-order valence-electron chi connectivity index (χ4n) is 3.83. The molecule has 8 nitrogen and oxygen atoms in total. The van der Waals surface area contributed by atoms with Gasteiger partial charge in [0.15, 0.2) is 12.4 Å². The average Bonchev–Trinajstić information content (AvgIpc) is 3.52. The van der Waals surface area contributed by atoms with Crippen molar-refractivity contribution in [1.29, 1.82) is 0 Å². The molecule has 0 radical (unpaired) electrons. The Kier molecular flexibility index (Phi) is 5.40. The van der Waals surface area contributed by atoms with Crippen LogP contribution in [0.1, 0.15) is 15.9 Å². The van der Waals surface area contributed by atoms with E-state index in [1.807, 2.05) is 52.8 Å². The second-order valence-electron chi connectivity index (χ2n) is 7.75. The number of hydrogen-bond donors (Lipinski definition) is 1. The Morgan fingerprint density at radius 1 is 1.24 bits per heavy atom. The summed E-state index contributed by atoms with van der Waals surface area (Å²) < 4.78 is 15.3. The van der Waals surface area contributed by atoms with E-state index in [0.29, 0.717) is 30.2 Å². The van der Waals surface area contributed by atoms with Crippen LogP contribution in [0, 0.1) is 0 Å². The lowest BCUT2D eigenvalue weighted by molar-refractivity contribution is -0.123. The molecule has 8 heteroatoms. The van der Waals surface area contributed by atoms with Crippen molar-refractivity contribution in [3.63, 3.8) is 0 Å². The van der Waals surface area contributed by atoms with Crippen LogP contribution in [0.15, 0.2) is 73.1 Å². The second kappa shape index (κ2) is 8.66. The van der Waals surface area contributed by atoms with Crippen molar-refractivity contribution >= 4 is 28.7 Å². The molecule has 0 aliphatic carbocycles. The van der Waals surface area contributed by atoms with E-state index in [9.17, 15) is 9.59 Å². The number of carbonyl (C=O) groups is 2. The predicted octanol–water partition coefficient (Wildman–Crippen LogP) is 3.19. The first kappa shape index (κ1) is 20.6. The van der Waals surface area contributed by atoms with Gasteiger partial charge in [0.05, 0.1) is 11.9 Å². The van der Waals surface area contributed by atoms with Gasteiger partial charge in [-0.3, -0.25) is 9.59 Å². The highest BCUT2D eigenvalue weighted by Crippen LogP contribution is 2.35. The molecular formula is C25H22N4O4. The van der Waals surface area contributed by atoms with Gasteiger partial charge in [-0.25, -0.2) is 4.98 Å². The number of hydrogen-bond acceptors (Lipinski definition) is 5. The maximum Gasteiger partial charge on any atom is 0.258 e. The molecule has 2 aromatic heterocycles. The van der Waals surface area contributed by atoms with E-state index < -0.39 is 0 Å². The number of para-hydroxylation sites is 1. The van der Waals surface area contributed by atoms with E-state index in [-0.39, 0.29) is 24.1 Å². The fourth-order valence-corrected chi connectivity index (χ4v) is 3.83. The van der Waals surface area contributed by atoms with Gasteiger partial charge in [0.2, 0.25) is 5.78 Å². The van der Waals surface area contributed by atoms with Gasteiger partial charge in [-0.15, -0.1) is 0 Å². The van der Waals surface area contributed by atoms with E-state index in [4.69, 9.17) is 9.47 Å². The molecule has 0 spiro atoms. The lowest BCUT2D eigenvalue weighted by Crippen LogP contribution is -2.31. The molecule has 4 aromatic rings. The Morgan fingerprint density at radius 3 is 2.97 bits per heavy atom. The summed E-state index contributed by atoms with van der Waals surface area (Å²) in [6.45, 7) is 0.977. The van der Waals surface area contributed by atoms with Crippen molar-refractivity contribution in [1.82, 2.24) is 19.4 Å². The molecule has 1 N–H and O–H groups in total. The average molecular weight is 442 g/mol. The molecule has 2 aromatic carbocycles. The molecule has 1 amide bonds. The summed E-state index contributed by atoms with van der Waals surface area (Å²) in [7, 11) is 1.97. The largest absolute Gasteiger partial charge is 0.484 e. The van der Waals surface area contributed by atoms with Crippen molar-refractivity contribution in [2.24, 2.45) is 7.05 Å². The van der Waals surface area contributed by atoms with Gasteiger partial charge in [0.1, 0.15) is 11.5 Å². The third-order valence-corrected chi connectivity index (χ3v) is 5.48. The maximum absolute atomic E-state index is 12.8. The maximum atomic E-state index is 12.8. The highest BCUT2D eigenvalue weighted by molar-refractivity contribution is 6.15. The Morgan fingerprint density at radius 2 is 2.12 bits per heavy atom. The summed E-state index contributed by atoms with van der Waals surface area (Å²) in [5, 5.41) is 3.84. The van der Waals surface area contributed by atoms with Crippen LogP contribution in [0.25, 0.3) is 17.0 Å². The molecule has 0 saturated heterocycles. The van der Waals surface area contributed by atoms with Gasteiger partial charge in [-0.05, 0) is 24.3 Å². The number of aromatic nitrogens is 3. The number of rotatable bonds is 7. The Hall–Kier alpha value is -4.33. The summed E-state index contributed by atoms with van der Waals surface area (Å²) in [6.07, 6.45) is 8.94. The lowest BCUT2D eigenvalue weighted by Gasteiger charge is -2.08. The first-order chi connectivity index (χ1) is 16.1. The minimum atomic E-state index is -0.232. The first-order valence-corrected chi connectivity index (χ1v) is 10.6. The number of carbonyl (C=O) groups excluding carboxylic acids is 2. The number of ether oxygens (including phenoxy) is 2. The molecule has 166 valence electrons. The number of benzene rings is 2. The zero-order chi connectivity index (χ0) is 22.8. The number of allylic oxidation sites excluding steroid dienone is 1. The number of aryl methyl sites for hydroxylation is 1. The summed E-state index contributed by atoms with van der Waals surface area (Å²) in [6, 6.07) is 13.0. The number of ketones is 1. The van der Waals surface area contributed by atoms with E-state index in [2.05, 4.69) is 10.3 Å². The van der Waals surface area contributed by atoms with Crippen molar-refractivity contribution in [3.8, 4) is 11.5 Å². The summed E-state index contributed by atoms with van der Waals surface area (Å²) in [4.78, 5) is 28.8. The van der Waals surface area contributed by atoms with Crippen LogP contribution >= 0.6 is 0 Å². The number of Topliss-reactive ketones (excluding diaryl/α,β-unsaturated/α-hetero) is 1. The highest BCUT2D eigenvalue weighted by atomic mass is 16.5. The molecule has 5 rings (SSSR count). The zero-order valence-electron chi connectivity index (χ0n) is 18.0. The van der Waals surface area contributed by atoms with Gasteiger partial charge < -0.3 is 23.9 Å². The Balaban J connectivity index is 1.23. The number of nitrogens with one attached hydrogen (secondary N) is 1. The molecule has 0 bridgehead atoms. The smallest absolute Gasteiger partial charge is 0.258 e. The SMILES string of the molecule is Cn1cc(C=C2Oc3cc(OCC(=O)NCCn4ccnc4)ccc3C2=O)c2ccccc21. The van der Waals surface area contributed by atoms with Gasteiger partial charge in [0.25, 0.3) is 5.91 Å².